The van der Waals surface area contributed by atoms with Crippen LogP contribution in [0.1, 0.15) is 46.5 Å². The van der Waals surface area contributed by atoms with Gasteiger partial charge in [0.05, 0.1) is 0 Å². The number of rotatable bonds is 3. The molecule has 2 aliphatic rings. The highest BCUT2D eigenvalue weighted by Crippen LogP contribution is 2.43. The van der Waals surface area contributed by atoms with E-state index in [1.807, 2.05) is 6.92 Å². The molecule has 2 rings (SSSR count). The number of carboxylic acid groups (broad SMARTS) is 1. The van der Waals surface area contributed by atoms with Crippen LogP contribution in [-0.4, -0.2) is 34.1 Å². The third-order valence-electron chi connectivity index (χ3n) is 4.69. The van der Waals surface area contributed by atoms with Gasteiger partial charge in [-0.05, 0) is 51.0 Å². The van der Waals surface area contributed by atoms with Gasteiger partial charge < -0.3 is 5.11 Å². The zero-order chi connectivity index (χ0) is 11.9. The van der Waals surface area contributed by atoms with Crippen LogP contribution < -0.4 is 0 Å². The second-order valence-electron chi connectivity index (χ2n) is 6.01. The van der Waals surface area contributed by atoms with Crippen molar-refractivity contribution in [1.82, 2.24) is 4.90 Å². The molecule has 3 heteroatoms. The summed E-state index contributed by atoms with van der Waals surface area (Å²) in [5.41, 5.74) is -0.591. The SMILES string of the molecule is CC(C)C1CC(N2CCCC2(C)C(=O)O)C1. The van der Waals surface area contributed by atoms with Crippen molar-refractivity contribution in [3.8, 4) is 0 Å². The molecule has 1 N–H and O–H groups in total. The quantitative estimate of drug-likeness (QED) is 0.801. The number of hydrogen-bond acceptors (Lipinski definition) is 2. The van der Waals surface area contributed by atoms with Crippen LogP contribution >= 0.6 is 0 Å². The van der Waals surface area contributed by atoms with E-state index in [0.29, 0.717) is 6.04 Å². The smallest absolute Gasteiger partial charge is 0.323 e. The van der Waals surface area contributed by atoms with Gasteiger partial charge in [-0.25, -0.2) is 0 Å². The predicted molar refractivity (Wildman–Crippen MR) is 63.3 cm³/mol. The van der Waals surface area contributed by atoms with Crippen LogP contribution in [0.2, 0.25) is 0 Å². The first-order chi connectivity index (χ1) is 7.45. The largest absolute Gasteiger partial charge is 0.480 e. The molecule has 1 aliphatic heterocycles. The minimum atomic E-state index is -0.641. The first-order valence-corrected chi connectivity index (χ1v) is 6.45. The molecule has 1 atom stereocenters. The van der Waals surface area contributed by atoms with Gasteiger partial charge in [-0.2, -0.15) is 0 Å². The van der Waals surface area contributed by atoms with Crippen molar-refractivity contribution in [3.63, 3.8) is 0 Å². The molecule has 16 heavy (non-hydrogen) atoms. The first-order valence-electron chi connectivity index (χ1n) is 6.45. The third kappa shape index (κ3) is 1.75. The van der Waals surface area contributed by atoms with Gasteiger partial charge in [-0.3, -0.25) is 9.69 Å². The van der Waals surface area contributed by atoms with E-state index in [1.54, 1.807) is 0 Å². The zero-order valence-corrected chi connectivity index (χ0v) is 10.6. The molecule has 0 amide bonds. The van der Waals surface area contributed by atoms with E-state index >= 15 is 0 Å². The van der Waals surface area contributed by atoms with Gasteiger partial charge in [-0.1, -0.05) is 13.8 Å². The molecule has 1 heterocycles. The van der Waals surface area contributed by atoms with E-state index in [1.165, 1.54) is 12.8 Å². The molecule has 1 saturated heterocycles. The Balaban J connectivity index is 1.98. The number of likely N-dealkylation sites (tertiary alicyclic amines) is 1. The average molecular weight is 225 g/mol. The Morgan fingerprint density at radius 3 is 2.56 bits per heavy atom. The summed E-state index contributed by atoms with van der Waals surface area (Å²) < 4.78 is 0. The van der Waals surface area contributed by atoms with Crippen molar-refractivity contribution in [2.24, 2.45) is 11.8 Å². The summed E-state index contributed by atoms with van der Waals surface area (Å²) in [5.74, 6) is 0.913. The van der Waals surface area contributed by atoms with Crippen LogP contribution in [0.3, 0.4) is 0 Å². The topological polar surface area (TPSA) is 40.5 Å². The van der Waals surface area contributed by atoms with Crippen molar-refractivity contribution in [2.75, 3.05) is 6.54 Å². The highest BCUT2D eigenvalue weighted by molar-refractivity contribution is 5.78. The molecule has 2 fully saturated rings. The highest BCUT2D eigenvalue weighted by atomic mass is 16.4. The molecule has 3 nitrogen and oxygen atoms in total. The molecule has 0 bridgehead atoms. The molecule has 0 radical (unpaired) electrons. The Kier molecular flexibility index (Phi) is 2.99. The van der Waals surface area contributed by atoms with Gasteiger partial charge in [0.25, 0.3) is 0 Å². The number of carbonyl (C=O) groups is 1. The molecular formula is C13H23NO2. The normalized spacial score (nSPS) is 40.0. The summed E-state index contributed by atoms with van der Waals surface area (Å²) in [7, 11) is 0. The minimum absolute atomic E-state index is 0.524. The van der Waals surface area contributed by atoms with E-state index in [2.05, 4.69) is 18.7 Å². The van der Waals surface area contributed by atoms with Crippen LogP contribution in [-0.2, 0) is 4.79 Å². The summed E-state index contributed by atoms with van der Waals surface area (Å²) in [6.45, 7) is 7.39. The standard InChI is InChI=1S/C13H23NO2/c1-9(2)10-7-11(8-10)14-6-4-5-13(14,3)12(15)16/h9-11H,4-8H2,1-3H3,(H,15,16). The number of hydrogen-bond donors (Lipinski definition) is 1. The van der Waals surface area contributed by atoms with Crippen molar-refractivity contribution in [3.05, 3.63) is 0 Å². The lowest BCUT2D eigenvalue weighted by Gasteiger charge is -2.47. The van der Waals surface area contributed by atoms with Gasteiger partial charge in [0, 0.05) is 6.04 Å². The average Bonchev–Trinajstić information content (AvgIpc) is 2.46. The third-order valence-corrected chi connectivity index (χ3v) is 4.69. The van der Waals surface area contributed by atoms with E-state index in [0.717, 1.165) is 31.2 Å². The molecule has 0 aromatic carbocycles. The Labute approximate surface area is 97.8 Å². The highest BCUT2D eigenvalue weighted by Gasteiger charge is 2.49. The number of nitrogens with zero attached hydrogens (tertiary/aromatic N) is 1. The first kappa shape index (κ1) is 11.9. The van der Waals surface area contributed by atoms with Gasteiger partial charge in [0.15, 0.2) is 0 Å². The number of carboxylic acids is 1. The fourth-order valence-electron chi connectivity index (χ4n) is 3.23. The van der Waals surface area contributed by atoms with Gasteiger partial charge >= 0.3 is 5.97 Å². The van der Waals surface area contributed by atoms with Crippen LogP contribution in [0.5, 0.6) is 0 Å². The van der Waals surface area contributed by atoms with Gasteiger partial charge in [0.1, 0.15) is 5.54 Å². The van der Waals surface area contributed by atoms with Crippen LogP contribution in [0, 0.1) is 11.8 Å². The summed E-state index contributed by atoms with van der Waals surface area (Å²) in [6.07, 6.45) is 4.23. The monoisotopic (exact) mass is 225 g/mol. The lowest BCUT2D eigenvalue weighted by Crippen LogP contribution is -2.56. The molecule has 0 aromatic rings. The second-order valence-corrected chi connectivity index (χ2v) is 6.01. The Hall–Kier alpha value is -0.570. The summed E-state index contributed by atoms with van der Waals surface area (Å²) in [5, 5.41) is 9.34. The molecule has 0 spiro atoms. The van der Waals surface area contributed by atoms with E-state index < -0.39 is 11.5 Å². The van der Waals surface area contributed by atoms with E-state index in [9.17, 15) is 9.90 Å². The van der Waals surface area contributed by atoms with Crippen LogP contribution in [0.15, 0.2) is 0 Å². The van der Waals surface area contributed by atoms with Crippen molar-refractivity contribution in [1.29, 1.82) is 0 Å². The number of aliphatic carboxylic acids is 1. The maximum atomic E-state index is 11.4. The van der Waals surface area contributed by atoms with Gasteiger partial charge in [0.2, 0.25) is 0 Å². The maximum absolute atomic E-state index is 11.4. The summed E-state index contributed by atoms with van der Waals surface area (Å²) in [6, 6.07) is 0.524. The summed E-state index contributed by atoms with van der Waals surface area (Å²) >= 11 is 0. The van der Waals surface area contributed by atoms with Crippen LogP contribution in [0.25, 0.3) is 0 Å². The molecular weight excluding hydrogens is 202 g/mol. The Bertz CT molecular complexity index is 284. The molecule has 1 aliphatic carbocycles. The zero-order valence-electron chi connectivity index (χ0n) is 10.6. The van der Waals surface area contributed by atoms with Crippen molar-refractivity contribution < 1.29 is 9.90 Å². The van der Waals surface area contributed by atoms with E-state index in [4.69, 9.17) is 0 Å². The van der Waals surface area contributed by atoms with Crippen molar-refractivity contribution in [2.45, 2.75) is 58.0 Å². The Morgan fingerprint density at radius 1 is 1.44 bits per heavy atom. The molecule has 1 unspecified atom stereocenters. The molecule has 92 valence electrons. The van der Waals surface area contributed by atoms with E-state index in [-0.39, 0.29) is 0 Å². The Morgan fingerprint density at radius 2 is 2.06 bits per heavy atom. The maximum Gasteiger partial charge on any atom is 0.323 e. The summed E-state index contributed by atoms with van der Waals surface area (Å²) in [4.78, 5) is 13.6. The fourth-order valence-corrected chi connectivity index (χ4v) is 3.23. The lowest BCUT2D eigenvalue weighted by molar-refractivity contribution is -0.152. The predicted octanol–water partition coefficient (Wildman–Crippen LogP) is 2.36. The van der Waals surface area contributed by atoms with Crippen molar-refractivity contribution >= 4 is 5.97 Å². The molecule has 1 saturated carbocycles. The minimum Gasteiger partial charge on any atom is -0.480 e. The fraction of sp³-hybridized carbons (Fsp3) is 0.923. The molecule has 0 aromatic heterocycles. The second kappa shape index (κ2) is 4.02. The van der Waals surface area contributed by atoms with Crippen LogP contribution in [0.4, 0.5) is 0 Å². The lowest BCUT2D eigenvalue weighted by atomic mass is 9.72. The van der Waals surface area contributed by atoms with Gasteiger partial charge in [-0.15, -0.1) is 0 Å².